The van der Waals surface area contributed by atoms with Crippen LogP contribution in [-0.4, -0.2) is 27.1 Å². The summed E-state index contributed by atoms with van der Waals surface area (Å²) in [6, 6.07) is 11.0. The molecule has 2 amide bonds. The van der Waals surface area contributed by atoms with E-state index in [1.165, 1.54) is 18.3 Å². The molecule has 7 nitrogen and oxygen atoms in total. The third kappa shape index (κ3) is 5.26. The molecule has 11 heteroatoms. The van der Waals surface area contributed by atoms with Crippen molar-refractivity contribution in [2.24, 2.45) is 0 Å². The summed E-state index contributed by atoms with van der Waals surface area (Å²) in [6.45, 7) is 1.40. The molecule has 0 spiro atoms. The van der Waals surface area contributed by atoms with Crippen LogP contribution in [0.1, 0.15) is 6.92 Å². The maximum atomic E-state index is 13.8. The van der Waals surface area contributed by atoms with Gasteiger partial charge in [-0.2, -0.15) is 0 Å². The van der Waals surface area contributed by atoms with Crippen molar-refractivity contribution in [3.05, 3.63) is 75.9 Å². The molecule has 2 aromatic heterocycles. The minimum atomic E-state index is -0.834. The number of thiophene rings is 1. The second-order valence-electron chi connectivity index (χ2n) is 6.89. The first kappa shape index (κ1) is 22.6. The largest absolute Gasteiger partial charge is 0.326 e. The summed E-state index contributed by atoms with van der Waals surface area (Å²) in [5.41, 5.74) is 1.05. The highest BCUT2D eigenvalue weighted by Crippen LogP contribution is 2.25. The lowest BCUT2D eigenvalue weighted by Gasteiger charge is -2.12. The molecule has 0 aliphatic carbocycles. The van der Waals surface area contributed by atoms with Gasteiger partial charge in [0, 0.05) is 24.4 Å². The van der Waals surface area contributed by atoms with E-state index < -0.39 is 17.2 Å². The molecule has 2 N–H and O–H groups in total. The molecule has 0 atom stereocenters. The zero-order valence-corrected chi connectivity index (χ0v) is 18.7. The molecule has 0 fully saturated rings. The van der Waals surface area contributed by atoms with Gasteiger partial charge in [-0.1, -0.05) is 11.8 Å². The fourth-order valence-electron chi connectivity index (χ4n) is 3.05. The van der Waals surface area contributed by atoms with Crippen molar-refractivity contribution in [2.45, 2.75) is 12.1 Å². The van der Waals surface area contributed by atoms with Crippen molar-refractivity contribution in [1.82, 2.24) is 9.55 Å². The molecule has 0 aliphatic rings. The second-order valence-corrected chi connectivity index (χ2v) is 8.75. The van der Waals surface area contributed by atoms with Gasteiger partial charge in [0.15, 0.2) is 5.16 Å². The van der Waals surface area contributed by atoms with Gasteiger partial charge in [0.25, 0.3) is 5.56 Å². The minimum absolute atomic E-state index is 0.0169. The van der Waals surface area contributed by atoms with E-state index in [-0.39, 0.29) is 28.4 Å². The number of carbonyl (C=O) groups is 2. The Hall–Kier alpha value is -3.57. The van der Waals surface area contributed by atoms with Crippen LogP contribution in [0.2, 0.25) is 0 Å². The highest BCUT2D eigenvalue weighted by molar-refractivity contribution is 7.99. The van der Waals surface area contributed by atoms with Gasteiger partial charge >= 0.3 is 0 Å². The predicted octanol–water partition coefficient (Wildman–Crippen LogP) is 4.41. The average Bonchev–Trinajstić information content (AvgIpc) is 3.21. The lowest BCUT2D eigenvalue weighted by atomic mass is 10.3. The van der Waals surface area contributed by atoms with Crippen LogP contribution >= 0.6 is 23.1 Å². The van der Waals surface area contributed by atoms with Crippen molar-refractivity contribution < 1.29 is 18.4 Å². The molecule has 168 valence electrons. The Balaban J connectivity index is 1.57. The number of amides is 2. The van der Waals surface area contributed by atoms with E-state index in [1.807, 2.05) is 0 Å². The number of nitrogens with one attached hydrogen (secondary N) is 2. The topological polar surface area (TPSA) is 93.1 Å². The third-order valence-electron chi connectivity index (χ3n) is 4.38. The summed E-state index contributed by atoms with van der Waals surface area (Å²) >= 11 is 2.14. The van der Waals surface area contributed by atoms with Crippen molar-refractivity contribution in [3.63, 3.8) is 0 Å². The van der Waals surface area contributed by atoms with E-state index in [4.69, 9.17) is 0 Å². The van der Waals surface area contributed by atoms with Crippen LogP contribution in [0.5, 0.6) is 0 Å². The van der Waals surface area contributed by atoms with Crippen LogP contribution in [0.25, 0.3) is 15.9 Å². The Labute approximate surface area is 194 Å². The summed E-state index contributed by atoms with van der Waals surface area (Å²) in [5.74, 6) is -2.35. The highest BCUT2D eigenvalue weighted by atomic mass is 32.2. The number of nitrogens with zero attached hydrogens (tertiary/aromatic N) is 2. The molecular formula is C22H16F2N4O3S2. The average molecular weight is 487 g/mol. The lowest BCUT2D eigenvalue weighted by molar-refractivity contribution is -0.114. The zero-order valence-electron chi connectivity index (χ0n) is 17.1. The van der Waals surface area contributed by atoms with E-state index >= 15 is 0 Å². The van der Waals surface area contributed by atoms with E-state index in [0.717, 1.165) is 28.5 Å². The van der Waals surface area contributed by atoms with Crippen molar-refractivity contribution in [2.75, 3.05) is 16.4 Å². The number of benzene rings is 2. The van der Waals surface area contributed by atoms with Crippen molar-refractivity contribution in [1.29, 1.82) is 0 Å². The SMILES string of the molecule is CC(=O)Nc1ccc(NC(=O)CSc2nc3ccsc3c(=O)n2-c2cc(F)cc(F)c2)cc1. The molecule has 2 heterocycles. The van der Waals surface area contributed by atoms with Crippen LogP contribution in [0, 0.1) is 11.6 Å². The maximum absolute atomic E-state index is 13.8. The zero-order chi connectivity index (χ0) is 23.5. The Morgan fingerprint density at radius 2 is 1.67 bits per heavy atom. The molecule has 0 saturated heterocycles. The molecule has 33 heavy (non-hydrogen) atoms. The third-order valence-corrected chi connectivity index (χ3v) is 6.21. The molecule has 0 bridgehead atoms. The molecule has 0 aliphatic heterocycles. The van der Waals surface area contributed by atoms with E-state index in [9.17, 15) is 23.2 Å². The van der Waals surface area contributed by atoms with Crippen molar-refractivity contribution in [3.8, 4) is 5.69 Å². The van der Waals surface area contributed by atoms with Gasteiger partial charge in [0.1, 0.15) is 16.3 Å². The number of aromatic nitrogens is 2. The van der Waals surface area contributed by atoms with Crippen LogP contribution in [0.15, 0.2) is 63.9 Å². The first-order valence-electron chi connectivity index (χ1n) is 9.57. The number of anilines is 2. The number of halogens is 2. The van der Waals surface area contributed by atoms with Crippen LogP contribution in [-0.2, 0) is 9.59 Å². The number of rotatable bonds is 6. The molecule has 0 unspecified atom stereocenters. The monoisotopic (exact) mass is 486 g/mol. The Kier molecular flexibility index (Phi) is 6.52. The summed E-state index contributed by atoms with van der Waals surface area (Å²) < 4.78 is 29.1. The Morgan fingerprint density at radius 1 is 1.03 bits per heavy atom. The molecule has 0 radical (unpaired) electrons. The highest BCUT2D eigenvalue weighted by Gasteiger charge is 2.17. The minimum Gasteiger partial charge on any atom is -0.326 e. The predicted molar refractivity (Wildman–Crippen MR) is 125 cm³/mol. The normalized spacial score (nSPS) is 10.9. The second kappa shape index (κ2) is 9.51. The number of hydrogen-bond acceptors (Lipinski definition) is 6. The van der Waals surface area contributed by atoms with Crippen LogP contribution in [0.3, 0.4) is 0 Å². The van der Waals surface area contributed by atoms with E-state index in [1.54, 1.807) is 35.7 Å². The summed E-state index contributed by atoms with van der Waals surface area (Å²) in [6.07, 6.45) is 0. The number of carbonyl (C=O) groups excluding carboxylic acids is 2. The number of thioether (sulfide) groups is 1. The smallest absolute Gasteiger partial charge is 0.276 e. The standard InChI is InChI=1S/C22H16F2N4O3S2/c1-12(29)25-15-2-4-16(5-3-15)26-19(30)11-33-22-27-18-6-7-32-20(18)21(31)28(22)17-9-13(23)8-14(24)10-17/h2-10H,11H2,1H3,(H,25,29)(H,26,30). The Morgan fingerprint density at radius 3 is 2.30 bits per heavy atom. The molecule has 4 aromatic rings. The van der Waals surface area contributed by atoms with E-state index in [2.05, 4.69) is 15.6 Å². The summed E-state index contributed by atoms with van der Waals surface area (Å²) in [5, 5.41) is 7.17. The van der Waals surface area contributed by atoms with Gasteiger partial charge in [0.2, 0.25) is 11.8 Å². The summed E-state index contributed by atoms with van der Waals surface area (Å²) in [4.78, 5) is 41.0. The summed E-state index contributed by atoms with van der Waals surface area (Å²) in [7, 11) is 0. The quantitative estimate of drug-likeness (QED) is 0.311. The number of hydrogen-bond donors (Lipinski definition) is 2. The number of fused-ring (bicyclic) bond motifs is 1. The fraction of sp³-hybridized carbons (Fsp3) is 0.0909. The first-order valence-corrected chi connectivity index (χ1v) is 11.4. The molecular weight excluding hydrogens is 470 g/mol. The molecule has 2 aromatic carbocycles. The van der Waals surface area contributed by atoms with Gasteiger partial charge < -0.3 is 10.6 Å². The van der Waals surface area contributed by atoms with Gasteiger partial charge in [-0.25, -0.2) is 13.8 Å². The fourth-order valence-corrected chi connectivity index (χ4v) is 4.62. The van der Waals surface area contributed by atoms with Gasteiger partial charge in [-0.3, -0.25) is 19.0 Å². The Bertz CT molecular complexity index is 1400. The molecule has 4 rings (SSSR count). The maximum Gasteiger partial charge on any atom is 0.276 e. The van der Waals surface area contributed by atoms with Crippen LogP contribution < -0.4 is 16.2 Å². The van der Waals surface area contributed by atoms with Crippen molar-refractivity contribution >= 4 is 56.5 Å². The van der Waals surface area contributed by atoms with Gasteiger partial charge in [-0.15, -0.1) is 11.3 Å². The van der Waals surface area contributed by atoms with Crippen LogP contribution in [0.4, 0.5) is 20.2 Å². The van der Waals surface area contributed by atoms with Gasteiger partial charge in [0.05, 0.1) is 17.0 Å². The lowest BCUT2D eigenvalue weighted by Crippen LogP contribution is -2.22. The van der Waals surface area contributed by atoms with E-state index in [0.29, 0.717) is 27.7 Å². The van der Waals surface area contributed by atoms with Gasteiger partial charge in [-0.05, 0) is 47.8 Å². The molecule has 0 saturated carbocycles. The first-order chi connectivity index (χ1) is 15.8.